The summed E-state index contributed by atoms with van der Waals surface area (Å²) in [5, 5.41) is 0.338. The zero-order chi connectivity index (χ0) is 10.6. The number of nitrogens with zero attached hydrogens (tertiary/aromatic N) is 1. The average Bonchev–Trinajstić information content (AvgIpc) is 2.14. The molecule has 2 nitrogen and oxygen atoms in total. The van der Waals surface area contributed by atoms with Gasteiger partial charge in [-0.25, -0.2) is 18.6 Å². The number of hydrogen-bond donors (Lipinski definition) is 0. The molecule has 0 atom stereocenters. The van der Waals surface area contributed by atoms with Crippen molar-refractivity contribution in [2.24, 2.45) is 4.99 Å². The van der Waals surface area contributed by atoms with Crippen LogP contribution in [0.1, 0.15) is 17.6 Å². The number of isocyanates is 1. The van der Waals surface area contributed by atoms with Crippen molar-refractivity contribution in [2.75, 3.05) is 0 Å². The maximum Gasteiger partial charge on any atom is 0.264 e. The second-order valence-corrected chi connectivity index (χ2v) is 2.99. The van der Waals surface area contributed by atoms with Gasteiger partial charge in [-0.3, -0.25) is 0 Å². The van der Waals surface area contributed by atoms with Gasteiger partial charge in [0.2, 0.25) is 6.08 Å². The molecule has 0 aliphatic rings. The standard InChI is InChI=1S/C9H6ClF2NO/c10-7-1-2-8(9(11)12)6(3-7)4-13-5-14/h1-3,9H,4H2. The fourth-order valence-electron chi connectivity index (χ4n) is 1.04. The monoisotopic (exact) mass is 217 g/mol. The summed E-state index contributed by atoms with van der Waals surface area (Å²) in [4.78, 5) is 13.1. The summed E-state index contributed by atoms with van der Waals surface area (Å²) < 4.78 is 24.8. The van der Waals surface area contributed by atoms with Crippen molar-refractivity contribution in [3.8, 4) is 0 Å². The third-order valence-electron chi connectivity index (χ3n) is 1.65. The predicted octanol–water partition coefficient (Wildman–Crippen LogP) is 3.11. The van der Waals surface area contributed by atoms with E-state index in [1.807, 2.05) is 0 Å². The van der Waals surface area contributed by atoms with E-state index in [2.05, 4.69) is 4.99 Å². The summed E-state index contributed by atoms with van der Waals surface area (Å²) in [6, 6.07) is 3.96. The largest absolute Gasteiger partial charge is 0.264 e. The number of alkyl halides is 2. The third-order valence-corrected chi connectivity index (χ3v) is 1.89. The summed E-state index contributed by atoms with van der Waals surface area (Å²) >= 11 is 5.62. The van der Waals surface area contributed by atoms with Gasteiger partial charge < -0.3 is 0 Å². The number of aliphatic imine (C=N–C) groups is 1. The Labute approximate surface area is 84.2 Å². The van der Waals surface area contributed by atoms with E-state index in [0.29, 0.717) is 5.02 Å². The summed E-state index contributed by atoms with van der Waals surface area (Å²) in [6.07, 6.45) is -1.30. The molecule has 5 heteroatoms. The Balaban J connectivity index is 3.08. The highest BCUT2D eigenvalue weighted by atomic mass is 35.5. The topological polar surface area (TPSA) is 29.4 Å². The third kappa shape index (κ3) is 2.62. The quantitative estimate of drug-likeness (QED) is 0.565. The van der Waals surface area contributed by atoms with Crippen LogP contribution < -0.4 is 0 Å². The van der Waals surface area contributed by atoms with Gasteiger partial charge in [0, 0.05) is 10.6 Å². The molecule has 1 aromatic rings. The molecule has 1 aromatic carbocycles. The number of carbonyl (C=O) groups excluding carboxylic acids is 1. The van der Waals surface area contributed by atoms with Crippen molar-refractivity contribution in [2.45, 2.75) is 13.0 Å². The maximum atomic E-state index is 12.4. The van der Waals surface area contributed by atoms with E-state index in [0.717, 1.165) is 0 Å². The zero-order valence-electron chi connectivity index (χ0n) is 7.01. The zero-order valence-corrected chi connectivity index (χ0v) is 7.76. The van der Waals surface area contributed by atoms with Crippen LogP contribution >= 0.6 is 11.6 Å². The van der Waals surface area contributed by atoms with E-state index >= 15 is 0 Å². The highest BCUT2D eigenvalue weighted by Crippen LogP contribution is 2.26. The van der Waals surface area contributed by atoms with Crippen molar-refractivity contribution in [1.82, 2.24) is 0 Å². The van der Waals surface area contributed by atoms with Crippen LogP contribution in [0.15, 0.2) is 23.2 Å². The fraction of sp³-hybridized carbons (Fsp3) is 0.222. The highest BCUT2D eigenvalue weighted by Gasteiger charge is 2.12. The van der Waals surface area contributed by atoms with E-state index in [1.54, 1.807) is 0 Å². The second-order valence-electron chi connectivity index (χ2n) is 2.55. The highest BCUT2D eigenvalue weighted by molar-refractivity contribution is 6.30. The van der Waals surface area contributed by atoms with Crippen molar-refractivity contribution in [3.05, 3.63) is 34.3 Å². The second kappa shape index (κ2) is 4.84. The van der Waals surface area contributed by atoms with Gasteiger partial charge in [0.1, 0.15) is 0 Å². The summed E-state index contributed by atoms with van der Waals surface area (Å²) in [5.41, 5.74) is 0.0873. The van der Waals surface area contributed by atoms with E-state index in [1.165, 1.54) is 24.3 Å². The lowest BCUT2D eigenvalue weighted by Crippen LogP contribution is -1.93. The first kappa shape index (κ1) is 10.8. The summed E-state index contributed by atoms with van der Waals surface area (Å²) in [7, 11) is 0. The van der Waals surface area contributed by atoms with Crippen LogP contribution in [0.4, 0.5) is 8.78 Å². The van der Waals surface area contributed by atoms with Crippen LogP contribution in [0.5, 0.6) is 0 Å². The van der Waals surface area contributed by atoms with E-state index in [-0.39, 0.29) is 17.7 Å². The molecule has 0 aromatic heterocycles. The van der Waals surface area contributed by atoms with Crippen molar-refractivity contribution in [3.63, 3.8) is 0 Å². The number of rotatable bonds is 3. The van der Waals surface area contributed by atoms with Gasteiger partial charge in [-0.05, 0) is 17.7 Å². The van der Waals surface area contributed by atoms with Crippen LogP contribution in [0, 0.1) is 0 Å². The minimum absolute atomic E-state index is 0.121. The molecule has 0 unspecified atom stereocenters. The SMILES string of the molecule is O=C=NCc1cc(Cl)ccc1C(F)F. The molecule has 1 rings (SSSR count). The molecule has 14 heavy (non-hydrogen) atoms. The first-order valence-electron chi connectivity index (χ1n) is 3.75. The smallest absolute Gasteiger partial charge is 0.211 e. The van der Waals surface area contributed by atoms with E-state index < -0.39 is 6.43 Å². The van der Waals surface area contributed by atoms with Crippen LogP contribution in [0.3, 0.4) is 0 Å². The molecule has 0 bridgehead atoms. The molecular weight excluding hydrogens is 212 g/mol. The Bertz CT molecular complexity index is 375. The number of hydrogen-bond acceptors (Lipinski definition) is 2. The van der Waals surface area contributed by atoms with Gasteiger partial charge in [0.15, 0.2) is 0 Å². The minimum Gasteiger partial charge on any atom is -0.211 e. The molecule has 0 heterocycles. The molecule has 0 spiro atoms. The lowest BCUT2D eigenvalue weighted by atomic mass is 10.1. The molecule has 0 aliphatic carbocycles. The maximum absolute atomic E-state index is 12.4. The Morgan fingerprint density at radius 1 is 1.50 bits per heavy atom. The van der Waals surface area contributed by atoms with Crippen molar-refractivity contribution < 1.29 is 13.6 Å². The molecule has 0 fully saturated rings. The molecular formula is C9H6ClF2NO. The number of halogens is 3. The molecule has 0 amide bonds. The van der Waals surface area contributed by atoms with Crippen LogP contribution in [0.25, 0.3) is 0 Å². The minimum atomic E-state index is -2.59. The van der Waals surface area contributed by atoms with Crippen LogP contribution in [-0.2, 0) is 11.3 Å². The normalized spacial score (nSPS) is 10.0. The van der Waals surface area contributed by atoms with Crippen LogP contribution in [0.2, 0.25) is 5.02 Å². The van der Waals surface area contributed by atoms with Gasteiger partial charge in [0.25, 0.3) is 6.43 Å². The fourth-order valence-corrected chi connectivity index (χ4v) is 1.24. The Hall–Kier alpha value is -1.25. The van der Waals surface area contributed by atoms with Crippen LogP contribution in [-0.4, -0.2) is 6.08 Å². The Kier molecular flexibility index (Phi) is 3.74. The molecule has 0 saturated heterocycles. The van der Waals surface area contributed by atoms with Gasteiger partial charge in [-0.15, -0.1) is 0 Å². The summed E-state index contributed by atoms with van der Waals surface area (Å²) in [6.45, 7) is -0.121. The first-order chi connectivity index (χ1) is 6.65. The Morgan fingerprint density at radius 2 is 2.21 bits per heavy atom. The number of benzene rings is 1. The molecule has 0 radical (unpaired) electrons. The molecule has 74 valence electrons. The van der Waals surface area contributed by atoms with Gasteiger partial charge in [-0.2, -0.15) is 0 Å². The van der Waals surface area contributed by atoms with Gasteiger partial charge in [0.05, 0.1) is 6.54 Å². The Morgan fingerprint density at radius 3 is 2.79 bits per heavy atom. The average molecular weight is 218 g/mol. The molecule has 0 saturated carbocycles. The van der Waals surface area contributed by atoms with E-state index in [9.17, 15) is 13.6 Å². The van der Waals surface area contributed by atoms with Gasteiger partial charge in [-0.1, -0.05) is 17.7 Å². The van der Waals surface area contributed by atoms with Crippen molar-refractivity contribution in [1.29, 1.82) is 0 Å². The van der Waals surface area contributed by atoms with E-state index in [4.69, 9.17) is 11.6 Å². The lowest BCUT2D eigenvalue weighted by Gasteiger charge is -2.05. The van der Waals surface area contributed by atoms with Crippen molar-refractivity contribution >= 4 is 17.7 Å². The predicted molar refractivity (Wildman–Crippen MR) is 48.2 cm³/mol. The van der Waals surface area contributed by atoms with Gasteiger partial charge >= 0.3 is 0 Å². The lowest BCUT2D eigenvalue weighted by molar-refractivity contribution is 0.150. The summed E-state index contributed by atoms with van der Waals surface area (Å²) in [5.74, 6) is 0. The molecule has 0 N–H and O–H groups in total. The first-order valence-corrected chi connectivity index (χ1v) is 4.13. The molecule has 0 aliphatic heterocycles.